The van der Waals surface area contributed by atoms with E-state index >= 15 is 0 Å². The standard InChI is InChI=1S/C11H12BrFN2O/c12-7-3-4-8(13)10(6-7)15-11(16)9-2-1-5-14-9/h3-4,6,9,14H,1-2,5H2,(H,15,16)/t9-/m1/s1. The summed E-state index contributed by atoms with van der Waals surface area (Å²) < 4.78 is 14.1. The molecule has 0 aromatic heterocycles. The average Bonchev–Trinajstić information content (AvgIpc) is 2.76. The van der Waals surface area contributed by atoms with Gasteiger partial charge in [-0.25, -0.2) is 4.39 Å². The maximum Gasteiger partial charge on any atom is 0.241 e. The third-order valence-electron chi connectivity index (χ3n) is 2.56. The van der Waals surface area contributed by atoms with Crippen LogP contribution >= 0.6 is 15.9 Å². The van der Waals surface area contributed by atoms with Gasteiger partial charge in [-0.2, -0.15) is 0 Å². The van der Waals surface area contributed by atoms with Gasteiger partial charge in [0.25, 0.3) is 0 Å². The Kier molecular flexibility index (Phi) is 3.56. The van der Waals surface area contributed by atoms with Crippen molar-refractivity contribution in [3.63, 3.8) is 0 Å². The number of hydrogen-bond donors (Lipinski definition) is 2. The van der Waals surface area contributed by atoms with Gasteiger partial charge in [-0.05, 0) is 37.6 Å². The number of hydrogen-bond acceptors (Lipinski definition) is 2. The molecule has 1 aromatic rings. The second-order valence-corrected chi connectivity index (χ2v) is 4.68. The highest BCUT2D eigenvalue weighted by atomic mass is 79.9. The molecule has 0 radical (unpaired) electrons. The van der Waals surface area contributed by atoms with Crippen LogP contribution < -0.4 is 10.6 Å². The minimum atomic E-state index is -0.422. The maximum absolute atomic E-state index is 13.4. The van der Waals surface area contributed by atoms with E-state index in [-0.39, 0.29) is 17.6 Å². The predicted molar refractivity (Wildman–Crippen MR) is 63.8 cm³/mol. The van der Waals surface area contributed by atoms with Crippen LogP contribution in [0.1, 0.15) is 12.8 Å². The van der Waals surface area contributed by atoms with Crippen LogP contribution in [0.25, 0.3) is 0 Å². The molecular weight excluding hydrogens is 275 g/mol. The molecule has 1 aliphatic rings. The Morgan fingerprint density at radius 2 is 2.38 bits per heavy atom. The monoisotopic (exact) mass is 286 g/mol. The minimum absolute atomic E-state index is 0.172. The SMILES string of the molecule is O=C(Nc1cc(Br)ccc1F)[C@H]1CCCN1. The Morgan fingerprint density at radius 1 is 1.56 bits per heavy atom. The summed E-state index contributed by atoms with van der Waals surface area (Å²) in [5, 5.41) is 5.65. The topological polar surface area (TPSA) is 41.1 Å². The van der Waals surface area contributed by atoms with E-state index in [2.05, 4.69) is 26.6 Å². The van der Waals surface area contributed by atoms with E-state index in [1.165, 1.54) is 6.07 Å². The fourth-order valence-corrected chi connectivity index (χ4v) is 2.08. The van der Waals surface area contributed by atoms with E-state index in [1.807, 2.05) is 0 Å². The number of amides is 1. The van der Waals surface area contributed by atoms with Crippen LogP contribution in [0.4, 0.5) is 10.1 Å². The first-order valence-electron chi connectivity index (χ1n) is 5.16. The number of carbonyl (C=O) groups excluding carboxylic acids is 1. The van der Waals surface area contributed by atoms with Crippen LogP contribution in [0.15, 0.2) is 22.7 Å². The van der Waals surface area contributed by atoms with Crippen LogP contribution in [0.3, 0.4) is 0 Å². The lowest BCUT2D eigenvalue weighted by atomic mass is 10.2. The minimum Gasteiger partial charge on any atom is -0.322 e. The average molecular weight is 287 g/mol. The lowest BCUT2D eigenvalue weighted by Gasteiger charge is -2.11. The highest BCUT2D eigenvalue weighted by Gasteiger charge is 2.22. The van der Waals surface area contributed by atoms with E-state index in [1.54, 1.807) is 12.1 Å². The van der Waals surface area contributed by atoms with E-state index in [0.29, 0.717) is 0 Å². The Hall–Kier alpha value is -0.940. The van der Waals surface area contributed by atoms with Crippen molar-refractivity contribution in [1.82, 2.24) is 5.32 Å². The number of halogens is 2. The Balaban J connectivity index is 2.07. The lowest BCUT2D eigenvalue weighted by Crippen LogP contribution is -2.35. The highest BCUT2D eigenvalue weighted by molar-refractivity contribution is 9.10. The van der Waals surface area contributed by atoms with Crippen molar-refractivity contribution < 1.29 is 9.18 Å². The molecule has 0 bridgehead atoms. The van der Waals surface area contributed by atoms with Crippen LogP contribution in [0.2, 0.25) is 0 Å². The van der Waals surface area contributed by atoms with Crippen LogP contribution in [-0.2, 0) is 4.79 Å². The largest absolute Gasteiger partial charge is 0.322 e. The number of rotatable bonds is 2. The van der Waals surface area contributed by atoms with Crippen molar-refractivity contribution >= 4 is 27.5 Å². The van der Waals surface area contributed by atoms with Gasteiger partial charge in [0.1, 0.15) is 5.82 Å². The first kappa shape index (κ1) is 11.5. The molecule has 16 heavy (non-hydrogen) atoms. The molecule has 1 saturated heterocycles. The number of benzene rings is 1. The number of carbonyl (C=O) groups is 1. The van der Waals surface area contributed by atoms with E-state index in [4.69, 9.17) is 0 Å². The molecule has 1 amide bonds. The van der Waals surface area contributed by atoms with Gasteiger partial charge in [0.2, 0.25) is 5.91 Å². The van der Waals surface area contributed by atoms with E-state index < -0.39 is 5.82 Å². The van der Waals surface area contributed by atoms with Gasteiger partial charge < -0.3 is 10.6 Å². The summed E-state index contributed by atoms with van der Waals surface area (Å²) in [6.07, 6.45) is 1.79. The first-order chi connectivity index (χ1) is 7.66. The molecule has 0 spiro atoms. The summed E-state index contributed by atoms with van der Waals surface area (Å²) >= 11 is 3.24. The summed E-state index contributed by atoms with van der Waals surface area (Å²) in [5.74, 6) is -0.593. The summed E-state index contributed by atoms with van der Waals surface area (Å²) in [6.45, 7) is 0.846. The van der Waals surface area contributed by atoms with Crippen molar-refractivity contribution in [2.24, 2.45) is 0 Å². The van der Waals surface area contributed by atoms with Crippen molar-refractivity contribution in [3.8, 4) is 0 Å². The summed E-state index contributed by atoms with van der Waals surface area (Å²) in [4.78, 5) is 11.7. The summed E-state index contributed by atoms with van der Waals surface area (Å²) in [5.41, 5.74) is 0.216. The molecule has 0 saturated carbocycles. The summed E-state index contributed by atoms with van der Waals surface area (Å²) in [6, 6.07) is 4.28. The molecule has 0 unspecified atom stereocenters. The molecule has 1 atom stereocenters. The summed E-state index contributed by atoms with van der Waals surface area (Å²) in [7, 11) is 0. The fraction of sp³-hybridized carbons (Fsp3) is 0.364. The van der Waals surface area contributed by atoms with Gasteiger partial charge in [-0.1, -0.05) is 15.9 Å². The van der Waals surface area contributed by atoms with Gasteiger partial charge in [-0.15, -0.1) is 0 Å². The van der Waals surface area contributed by atoms with Gasteiger partial charge in [-0.3, -0.25) is 4.79 Å². The van der Waals surface area contributed by atoms with E-state index in [9.17, 15) is 9.18 Å². The Bertz CT molecular complexity index is 405. The van der Waals surface area contributed by atoms with Crippen LogP contribution in [-0.4, -0.2) is 18.5 Å². The van der Waals surface area contributed by atoms with Gasteiger partial charge in [0, 0.05) is 4.47 Å². The molecule has 1 aromatic carbocycles. The molecular formula is C11H12BrFN2O. The second-order valence-electron chi connectivity index (χ2n) is 3.76. The molecule has 0 aliphatic carbocycles. The second kappa shape index (κ2) is 4.93. The van der Waals surface area contributed by atoms with Crippen LogP contribution in [0, 0.1) is 5.82 Å². The quantitative estimate of drug-likeness (QED) is 0.876. The molecule has 86 valence electrons. The molecule has 2 rings (SSSR count). The third kappa shape index (κ3) is 2.59. The normalized spacial score (nSPS) is 19.8. The third-order valence-corrected chi connectivity index (χ3v) is 3.06. The van der Waals surface area contributed by atoms with E-state index in [0.717, 1.165) is 23.9 Å². The lowest BCUT2D eigenvalue weighted by molar-refractivity contribution is -0.117. The van der Waals surface area contributed by atoms with Gasteiger partial charge in [0.05, 0.1) is 11.7 Å². The number of anilines is 1. The zero-order chi connectivity index (χ0) is 11.5. The van der Waals surface area contributed by atoms with Crippen molar-refractivity contribution in [3.05, 3.63) is 28.5 Å². The smallest absolute Gasteiger partial charge is 0.241 e. The van der Waals surface area contributed by atoms with Crippen molar-refractivity contribution in [1.29, 1.82) is 0 Å². The first-order valence-corrected chi connectivity index (χ1v) is 5.95. The fourth-order valence-electron chi connectivity index (χ4n) is 1.72. The Labute approximate surface area is 102 Å². The zero-order valence-corrected chi connectivity index (χ0v) is 10.2. The molecule has 2 N–H and O–H groups in total. The molecule has 5 heteroatoms. The van der Waals surface area contributed by atoms with Gasteiger partial charge >= 0.3 is 0 Å². The number of nitrogens with one attached hydrogen (secondary N) is 2. The maximum atomic E-state index is 13.4. The van der Waals surface area contributed by atoms with Crippen molar-refractivity contribution in [2.45, 2.75) is 18.9 Å². The van der Waals surface area contributed by atoms with Crippen molar-refractivity contribution in [2.75, 3.05) is 11.9 Å². The molecule has 1 fully saturated rings. The van der Waals surface area contributed by atoms with Crippen LogP contribution in [0.5, 0.6) is 0 Å². The van der Waals surface area contributed by atoms with Gasteiger partial charge in [0.15, 0.2) is 0 Å². The predicted octanol–water partition coefficient (Wildman–Crippen LogP) is 2.28. The Morgan fingerprint density at radius 3 is 3.06 bits per heavy atom. The zero-order valence-electron chi connectivity index (χ0n) is 8.59. The molecule has 1 heterocycles. The highest BCUT2D eigenvalue weighted by Crippen LogP contribution is 2.20. The molecule has 1 aliphatic heterocycles. The molecule has 3 nitrogen and oxygen atoms in total.